The van der Waals surface area contributed by atoms with Gasteiger partial charge in [-0.25, -0.2) is 4.98 Å². The number of aromatic amines is 1. The molecule has 0 saturated carbocycles. The van der Waals surface area contributed by atoms with E-state index in [0.29, 0.717) is 17.1 Å². The summed E-state index contributed by atoms with van der Waals surface area (Å²) in [4.78, 5) is 26.5. The molecule has 122 valence electrons. The lowest BCUT2D eigenvalue weighted by Crippen LogP contribution is -2.23. The Kier molecular flexibility index (Phi) is 4.06. The number of nitro groups is 1. The maximum Gasteiger partial charge on any atom is 0.270 e. The number of rotatable bonds is 5. The number of nitro benzene ring substituents is 1. The van der Waals surface area contributed by atoms with E-state index in [1.807, 2.05) is 0 Å². The van der Waals surface area contributed by atoms with Crippen molar-refractivity contribution in [1.82, 2.24) is 19.7 Å². The third kappa shape index (κ3) is 3.14. The lowest BCUT2D eigenvalue weighted by molar-refractivity contribution is -0.384. The van der Waals surface area contributed by atoms with Gasteiger partial charge in [0.1, 0.15) is 6.04 Å². The topological polar surface area (TPSA) is 119 Å². The lowest BCUT2D eigenvalue weighted by atomic mass is 10.1. The quantitative estimate of drug-likeness (QED) is 0.551. The standard InChI is InChI=1S/C15H14N6O3/c1-10(20-6-5-16-9-20)15(22)17-14-8-13(18-19-14)11-3-2-4-12(7-11)21(23)24/h2-10H,1H3,(H2,17,18,19,22). The minimum absolute atomic E-state index is 0.0126. The van der Waals surface area contributed by atoms with E-state index >= 15 is 0 Å². The van der Waals surface area contributed by atoms with E-state index in [1.165, 1.54) is 12.1 Å². The molecule has 1 atom stereocenters. The molecule has 0 aliphatic heterocycles. The maximum atomic E-state index is 12.2. The average molecular weight is 326 g/mol. The molecule has 9 nitrogen and oxygen atoms in total. The number of anilines is 1. The molecular weight excluding hydrogens is 312 g/mol. The molecule has 0 bridgehead atoms. The highest BCUT2D eigenvalue weighted by molar-refractivity contribution is 5.93. The number of imidazole rings is 1. The maximum absolute atomic E-state index is 12.2. The van der Waals surface area contributed by atoms with Gasteiger partial charge < -0.3 is 9.88 Å². The van der Waals surface area contributed by atoms with Gasteiger partial charge >= 0.3 is 0 Å². The highest BCUT2D eigenvalue weighted by Crippen LogP contribution is 2.24. The summed E-state index contributed by atoms with van der Waals surface area (Å²) in [5, 5.41) is 20.3. The molecule has 1 aromatic carbocycles. The number of H-pyrrole nitrogens is 1. The van der Waals surface area contributed by atoms with E-state index in [4.69, 9.17) is 0 Å². The molecule has 0 aliphatic carbocycles. The summed E-state index contributed by atoms with van der Waals surface area (Å²) in [5.74, 6) is 0.0959. The van der Waals surface area contributed by atoms with Gasteiger partial charge in [-0.1, -0.05) is 12.1 Å². The van der Waals surface area contributed by atoms with Gasteiger partial charge in [-0.05, 0) is 6.92 Å². The van der Waals surface area contributed by atoms with E-state index in [9.17, 15) is 14.9 Å². The molecule has 2 N–H and O–H groups in total. The van der Waals surface area contributed by atoms with Crippen molar-refractivity contribution in [2.45, 2.75) is 13.0 Å². The molecule has 0 aliphatic rings. The Balaban J connectivity index is 1.75. The summed E-state index contributed by atoms with van der Waals surface area (Å²) in [7, 11) is 0. The van der Waals surface area contributed by atoms with Gasteiger partial charge in [0.2, 0.25) is 5.91 Å². The van der Waals surface area contributed by atoms with Crippen LogP contribution in [-0.4, -0.2) is 30.6 Å². The van der Waals surface area contributed by atoms with Crippen molar-refractivity contribution in [3.05, 3.63) is 59.2 Å². The molecule has 24 heavy (non-hydrogen) atoms. The van der Waals surface area contributed by atoms with Gasteiger partial charge in [-0.15, -0.1) is 0 Å². The zero-order valence-corrected chi connectivity index (χ0v) is 12.7. The summed E-state index contributed by atoms with van der Waals surface area (Å²) in [6, 6.07) is 7.35. The Morgan fingerprint density at radius 3 is 2.96 bits per heavy atom. The SMILES string of the molecule is CC(C(=O)Nc1cc(-c2cccc([N+](=O)[O-])c2)[nH]n1)n1ccnc1. The molecule has 3 rings (SSSR count). The fraction of sp³-hybridized carbons (Fsp3) is 0.133. The molecule has 2 aromatic heterocycles. The van der Waals surface area contributed by atoms with Gasteiger partial charge in [0.05, 0.1) is 16.9 Å². The van der Waals surface area contributed by atoms with Crippen LogP contribution in [0, 0.1) is 10.1 Å². The van der Waals surface area contributed by atoms with E-state index in [-0.39, 0.29) is 11.6 Å². The van der Waals surface area contributed by atoms with Crippen molar-refractivity contribution >= 4 is 17.4 Å². The number of nitrogens with one attached hydrogen (secondary N) is 2. The number of nitrogens with zero attached hydrogens (tertiary/aromatic N) is 4. The molecule has 0 radical (unpaired) electrons. The third-order valence-electron chi connectivity index (χ3n) is 3.55. The van der Waals surface area contributed by atoms with Gasteiger partial charge in [0, 0.05) is 36.2 Å². The van der Waals surface area contributed by atoms with Crippen molar-refractivity contribution < 1.29 is 9.72 Å². The number of hydrogen-bond acceptors (Lipinski definition) is 5. The van der Waals surface area contributed by atoms with Gasteiger partial charge in [-0.2, -0.15) is 5.10 Å². The summed E-state index contributed by atoms with van der Waals surface area (Å²) in [6.07, 6.45) is 4.85. The van der Waals surface area contributed by atoms with Crippen LogP contribution in [0.4, 0.5) is 11.5 Å². The normalized spacial score (nSPS) is 11.9. The number of hydrogen-bond donors (Lipinski definition) is 2. The number of non-ortho nitro benzene ring substituents is 1. The number of benzene rings is 1. The van der Waals surface area contributed by atoms with Crippen LogP contribution in [-0.2, 0) is 4.79 Å². The van der Waals surface area contributed by atoms with Crippen LogP contribution in [0.5, 0.6) is 0 Å². The molecule has 3 aromatic rings. The van der Waals surface area contributed by atoms with Crippen LogP contribution in [0.1, 0.15) is 13.0 Å². The summed E-state index contributed by atoms with van der Waals surface area (Å²) >= 11 is 0. The first-order valence-corrected chi connectivity index (χ1v) is 7.13. The van der Waals surface area contributed by atoms with Crippen molar-refractivity contribution in [2.24, 2.45) is 0 Å². The van der Waals surface area contributed by atoms with Crippen LogP contribution in [0.25, 0.3) is 11.3 Å². The number of amides is 1. The first kappa shape index (κ1) is 15.4. The molecule has 9 heteroatoms. The average Bonchev–Trinajstić information content (AvgIpc) is 3.26. The summed E-state index contributed by atoms with van der Waals surface area (Å²) < 4.78 is 1.67. The first-order valence-electron chi connectivity index (χ1n) is 7.13. The predicted octanol–water partition coefficient (Wildman–Crippen LogP) is 2.38. The second-order valence-electron chi connectivity index (χ2n) is 5.15. The van der Waals surface area contributed by atoms with Gasteiger partial charge in [-0.3, -0.25) is 20.0 Å². The lowest BCUT2D eigenvalue weighted by Gasteiger charge is -2.11. The van der Waals surface area contributed by atoms with Crippen LogP contribution >= 0.6 is 0 Å². The number of carbonyl (C=O) groups excluding carboxylic acids is 1. The Morgan fingerprint density at radius 2 is 2.25 bits per heavy atom. The van der Waals surface area contributed by atoms with Crippen LogP contribution in [0.3, 0.4) is 0 Å². The summed E-state index contributed by atoms with van der Waals surface area (Å²) in [5.41, 5.74) is 1.17. The predicted molar refractivity (Wildman–Crippen MR) is 86.2 cm³/mol. The monoisotopic (exact) mass is 326 g/mol. The van der Waals surface area contributed by atoms with Crippen molar-refractivity contribution in [3.8, 4) is 11.3 Å². The van der Waals surface area contributed by atoms with E-state index in [0.717, 1.165) is 0 Å². The Hall–Kier alpha value is -3.49. The largest absolute Gasteiger partial charge is 0.325 e. The van der Waals surface area contributed by atoms with Crippen molar-refractivity contribution in [1.29, 1.82) is 0 Å². The van der Waals surface area contributed by atoms with Crippen LogP contribution in [0.15, 0.2) is 49.1 Å². The fourth-order valence-electron chi connectivity index (χ4n) is 2.19. The molecule has 0 saturated heterocycles. The highest BCUT2D eigenvalue weighted by atomic mass is 16.6. The Morgan fingerprint density at radius 1 is 1.42 bits per heavy atom. The van der Waals surface area contributed by atoms with Gasteiger partial charge in [0.25, 0.3) is 5.69 Å². The van der Waals surface area contributed by atoms with E-state index in [2.05, 4.69) is 20.5 Å². The Bertz CT molecular complexity index is 871. The smallest absolute Gasteiger partial charge is 0.270 e. The second kappa shape index (κ2) is 6.32. The zero-order chi connectivity index (χ0) is 17.1. The van der Waals surface area contributed by atoms with Crippen molar-refractivity contribution in [3.63, 3.8) is 0 Å². The number of carbonyl (C=O) groups is 1. The highest BCUT2D eigenvalue weighted by Gasteiger charge is 2.16. The first-order chi connectivity index (χ1) is 11.5. The molecule has 1 unspecified atom stereocenters. The van der Waals surface area contributed by atoms with Crippen molar-refractivity contribution in [2.75, 3.05) is 5.32 Å². The molecule has 2 heterocycles. The molecule has 0 fully saturated rings. The molecule has 1 amide bonds. The second-order valence-corrected chi connectivity index (χ2v) is 5.15. The third-order valence-corrected chi connectivity index (χ3v) is 3.55. The zero-order valence-electron chi connectivity index (χ0n) is 12.7. The minimum Gasteiger partial charge on any atom is -0.325 e. The summed E-state index contributed by atoms with van der Waals surface area (Å²) in [6.45, 7) is 1.74. The van der Waals surface area contributed by atoms with Crippen LogP contribution < -0.4 is 5.32 Å². The number of aromatic nitrogens is 4. The fourth-order valence-corrected chi connectivity index (χ4v) is 2.19. The Labute approximate surface area is 136 Å². The van der Waals surface area contributed by atoms with Gasteiger partial charge in [0.15, 0.2) is 5.82 Å². The molecule has 0 spiro atoms. The van der Waals surface area contributed by atoms with E-state index < -0.39 is 11.0 Å². The van der Waals surface area contributed by atoms with E-state index in [1.54, 1.807) is 48.4 Å². The van der Waals surface area contributed by atoms with Crippen LogP contribution in [0.2, 0.25) is 0 Å². The molecular formula is C15H14N6O3. The minimum atomic E-state index is -0.463.